The van der Waals surface area contributed by atoms with E-state index in [2.05, 4.69) is 23.3 Å². The van der Waals surface area contributed by atoms with Crippen molar-refractivity contribution in [1.29, 1.82) is 0 Å². The van der Waals surface area contributed by atoms with Gasteiger partial charge in [0.15, 0.2) is 0 Å². The van der Waals surface area contributed by atoms with Gasteiger partial charge in [0, 0.05) is 12.8 Å². The van der Waals surface area contributed by atoms with Crippen LogP contribution in [0.25, 0.3) is 0 Å². The molecule has 5 heteroatoms. The van der Waals surface area contributed by atoms with Gasteiger partial charge in [0.2, 0.25) is 0 Å². The van der Waals surface area contributed by atoms with Gasteiger partial charge in [-0.3, -0.25) is 9.59 Å². The van der Waals surface area contributed by atoms with Gasteiger partial charge in [0.1, 0.15) is 0 Å². The van der Waals surface area contributed by atoms with E-state index in [0.29, 0.717) is 12.8 Å². The Morgan fingerprint density at radius 1 is 0.591 bits per heavy atom. The summed E-state index contributed by atoms with van der Waals surface area (Å²) in [6.45, 7) is 4.23. The molecule has 0 saturated heterocycles. The summed E-state index contributed by atoms with van der Waals surface area (Å²) in [7, 11) is 0. The number of hydrogen-bond donors (Lipinski definition) is 0. The van der Waals surface area contributed by atoms with Crippen molar-refractivity contribution in [1.82, 2.24) is 0 Å². The minimum atomic E-state index is -1.20. The van der Waals surface area contributed by atoms with Crippen LogP contribution < -0.4 is 0 Å². The summed E-state index contributed by atoms with van der Waals surface area (Å²) in [4.78, 5) is 34.0. The lowest BCUT2D eigenvalue weighted by atomic mass is 10.1. The Bertz CT molecular complexity index is 295. The Hall–Kier alpha value is -1.39. The van der Waals surface area contributed by atoms with E-state index in [9.17, 15) is 14.4 Å². The highest BCUT2D eigenvalue weighted by Crippen LogP contribution is 2.08. The van der Waals surface area contributed by atoms with Gasteiger partial charge in [0.25, 0.3) is 0 Å². The summed E-state index contributed by atoms with van der Waals surface area (Å²) in [6.07, 6.45) is 9.14. The fourth-order valence-electron chi connectivity index (χ4n) is 2.05. The lowest BCUT2D eigenvalue weighted by Gasteiger charge is -2.04. The fraction of sp³-hybridized carbons (Fsp3) is 0.824. The predicted octanol–water partition coefficient (Wildman–Crippen LogP) is 4.91. The Morgan fingerprint density at radius 2 is 0.955 bits per heavy atom. The molecule has 0 aliphatic carbocycles. The molecule has 22 heavy (non-hydrogen) atoms. The number of carbonyl (C=O) groups is 3. The van der Waals surface area contributed by atoms with Crippen LogP contribution in [-0.2, 0) is 19.1 Å². The maximum atomic E-state index is 11.4. The van der Waals surface area contributed by atoms with E-state index in [1.807, 2.05) is 0 Å². The molecule has 0 aromatic rings. The van der Waals surface area contributed by atoms with Crippen molar-refractivity contribution in [2.24, 2.45) is 0 Å². The second-order valence-corrected chi connectivity index (χ2v) is 5.53. The zero-order chi connectivity index (χ0) is 16.6. The van der Waals surface area contributed by atoms with Crippen LogP contribution in [0, 0.1) is 0 Å². The van der Waals surface area contributed by atoms with Crippen LogP contribution in [0.4, 0.5) is 4.79 Å². The molecule has 0 fully saturated rings. The Morgan fingerprint density at radius 3 is 1.32 bits per heavy atom. The van der Waals surface area contributed by atoms with Crippen molar-refractivity contribution < 1.29 is 23.9 Å². The summed E-state index contributed by atoms with van der Waals surface area (Å²) < 4.78 is 8.90. The van der Waals surface area contributed by atoms with Gasteiger partial charge >= 0.3 is 18.1 Å². The third kappa shape index (κ3) is 13.6. The largest absolute Gasteiger partial charge is 0.524 e. The molecule has 0 unspecified atom stereocenters. The van der Waals surface area contributed by atoms with Crippen LogP contribution >= 0.6 is 0 Å². The second-order valence-electron chi connectivity index (χ2n) is 5.53. The van der Waals surface area contributed by atoms with Gasteiger partial charge in [0.05, 0.1) is 0 Å². The average molecular weight is 314 g/mol. The molecule has 0 bridgehead atoms. The fourth-order valence-corrected chi connectivity index (χ4v) is 2.05. The molecular weight excluding hydrogens is 284 g/mol. The number of unbranched alkanes of at least 4 members (excludes halogenated alkanes) is 8. The van der Waals surface area contributed by atoms with Crippen LogP contribution in [-0.4, -0.2) is 18.1 Å². The van der Waals surface area contributed by atoms with Crippen molar-refractivity contribution in [2.45, 2.75) is 90.9 Å². The van der Waals surface area contributed by atoms with Crippen molar-refractivity contribution >= 4 is 18.1 Å². The molecule has 0 spiro atoms. The summed E-state index contributed by atoms with van der Waals surface area (Å²) in [5.41, 5.74) is 0. The standard InChI is InChI=1S/C17H30O5/c1-3-5-7-9-11-13-15(18)21-17(20)22-16(19)14-12-10-8-6-4-2/h3-14H2,1-2H3. The first kappa shape index (κ1) is 20.6. The minimum absolute atomic E-state index is 0.185. The Balaban J connectivity index is 3.61. The highest BCUT2D eigenvalue weighted by Gasteiger charge is 2.15. The molecule has 0 atom stereocenters. The summed E-state index contributed by atoms with van der Waals surface area (Å²) >= 11 is 0. The molecule has 0 aromatic carbocycles. The number of hydrogen-bond acceptors (Lipinski definition) is 5. The highest BCUT2D eigenvalue weighted by molar-refractivity contribution is 5.88. The van der Waals surface area contributed by atoms with Crippen LogP contribution in [0.5, 0.6) is 0 Å². The first-order valence-electron chi connectivity index (χ1n) is 8.55. The summed E-state index contributed by atoms with van der Waals surface area (Å²) in [6, 6.07) is 0. The molecule has 0 rings (SSSR count). The molecule has 0 heterocycles. The van der Waals surface area contributed by atoms with E-state index in [4.69, 9.17) is 0 Å². The van der Waals surface area contributed by atoms with Crippen molar-refractivity contribution in [3.8, 4) is 0 Å². The van der Waals surface area contributed by atoms with E-state index in [1.54, 1.807) is 0 Å². The molecule has 0 amide bonds. The Labute approximate surface area is 133 Å². The SMILES string of the molecule is CCCCCCCC(=O)OC(=O)OC(=O)CCCCCCC. The molecule has 0 aromatic heterocycles. The zero-order valence-electron chi connectivity index (χ0n) is 14.0. The van der Waals surface area contributed by atoms with Gasteiger partial charge in [-0.2, -0.15) is 0 Å². The lowest BCUT2D eigenvalue weighted by molar-refractivity contribution is -0.146. The maximum absolute atomic E-state index is 11.4. The van der Waals surface area contributed by atoms with E-state index >= 15 is 0 Å². The van der Waals surface area contributed by atoms with Crippen molar-refractivity contribution in [3.05, 3.63) is 0 Å². The molecule has 0 radical (unpaired) electrons. The van der Waals surface area contributed by atoms with Crippen LogP contribution in [0.15, 0.2) is 0 Å². The molecular formula is C17H30O5. The highest BCUT2D eigenvalue weighted by atomic mass is 16.8. The summed E-state index contributed by atoms with van der Waals surface area (Å²) in [5.74, 6) is -1.26. The molecule has 128 valence electrons. The smallest absolute Gasteiger partial charge is 0.360 e. The van der Waals surface area contributed by atoms with E-state index in [1.165, 1.54) is 0 Å². The quantitative estimate of drug-likeness (QED) is 0.291. The number of carbonyl (C=O) groups excluding carboxylic acids is 3. The topological polar surface area (TPSA) is 69.7 Å². The average Bonchev–Trinajstić information content (AvgIpc) is 2.46. The molecule has 0 aliphatic rings. The second kappa shape index (κ2) is 14.5. The van der Waals surface area contributed by atoms with E-state index < -0.39 is 18.1 Å². The van der Waals surface area contributed by atoms with Crippen LogP contribution in [0.3, 0.4) is 0 Å². The number of ether oxygens (including phenoxy) is 2. The first-order valence-corrected chi connectivity index (χ1v) is 8.55. The number of rotatable bonds is 12. The van der Waals surface area contributed by atoms with Gasteiger partial charge in [-0.05, 0) is 12.8 Å². The third-order valence-corrected chi connectivity index (χ3v) is 3.36. The summed E-state index contributed by atoms with van der Waals surface area (Å²) in [5, 5.41) is 0. The molecule has 0 aliphatic heterocycles. The first-order chi connectivity index (χ1) is 10.6. The molecule has 5 nitrogen and oxygen atoms in total. The monoisotopic (exact) mass is 314 g/mol. The van der Waals surface area contributed by atoms with E-state index in [-0.39, 0.29) is 12.8 Å². The van der Waals surface area contributed by atoms with Crippen LogP contribution in [0.2, 0.25) is 0 Å². The molecule has 0 saturated carbocycles. The maximum Gasteiger partial charge on any atom is 0.524 e. The zero-order valence-corrected chi connectivity index (χ0v) is 14.0. The van der Waals surface area contributed by atoms with Crippen molar-refractivity contribution in [2.75, 3.05) is 0 Å². The number of esters is 2. The normalized spacial score (nSPS) is 10.3. The minimum Gasteiger partial charge on any atom is -0.360 e. The third-order valence-electron chi connectivity index (χ3n) is 3.36. The van der Waals surface area contributed by atoms with Gasteiger partial charge in [-0.15, -0.1) is 0 Å². The lowest BCUT2D eigenvalue weighted by Crippen LogP contribution is -2.17. The van der Waals surface area contributed by atoms with E-state index in [0.717, 1.165) is 51.4 Å². The van der Waals surface area contributed by atoms with Crippen molar-refractivity contribution in [3.63, 3.8) is 0 Å². The molecule has 0 N–H and O–H groups in total. The van der Waals surface area contributed by atoms with Gasteiger partial charge in [-0.1, -0.05) is 65.2 Å². The Kier molecular flexibility index (Phi) is 13.6. The van der Waals surface area contributed by atoms with Gasteiger partial charge < -0.3 is 9.47 Å². The predicted molar refractivity (Wildman–Crippen MR) is 84.3 cm³/mol. The van der Waals surface area contributed by atoms with Crippen LogP contribution in [0.1, 0.15) is 90.9 Å². The van der Waals surface area contributed by atoms with Gasteiger partial charge in [-0.25, -0.2) is 4.79 Å².